The average molecular weight is 206 g/mol. The summed E-state index contributed by atoms with van der Waals surface area (Å²) in [5, 5.41) is 0. The molecule has 0 aliphatic rings. The Hall–Kier alpha value is -1.58. The van der Waals surface area contributed by atoms with E-state index in [2.05, 4.69) is 23.8 Å². The lowest BCUT2D eigenvalue weighted by Crippen LogP contribution is -1.95. The topological polar surface area (TPSA) is 52.1 Å². The zero-order chi connectivity index (χ0) is 10.7. The van der Waals surface area contributed by atoms with Crippen molar-refractivity contribution in [3.63, 3.8) is 0 Å². The maximum atomic E-state index is 5.44. The normalized spacial score (nSPS) is 11.1. The zero-order valence-electron chi connectivity index (χ0n) is 8.93. The Labute approximate surface area is 88.3 Å². The van der Waals surface area contributed by atoms with Gasteiger partial charge in [-0.1, -0.05) is 13.8 Å². The number of nitrogens with zero attached hydrogens (tertiary/aromatic N) is 2. The van der Waals surface area contributed by atoms with E-state index in [1.165, 1.54) is 6.39 Å². The Bertz CT molecular complexity index is 402. The molecule has 0 aromatic carbocycles. The van der Waals surface area contributed by atoms with Crippen molar-refractivity contribution in [2.24, 2.45) is 0 Å². The minimum absolute atomic E-state index is 0.394. The average Bonchev–Trinajstić information content (AvgIpc) is 2.89. The molecular weight excluding hydrogens is 192 g/mol. The Morgan fingerprint density at radius 1 is 1.20 bits per heavy atom. The summed E-state index contributed by atoms with van der Waals surface area (Å²) in [4.78, 5) is 8.43. The molecule has 0 radical (unpaired) electrons. The molecule has 2 aromatic rings. The van der Waals surface area contributed by atoms with Crippen LogP contribution in [0.1, 0.15) is 38.5 Å². The fourth-order valence-corrected chi connectivity index (χ4v) is 1.57. The van der Waals surface area contributed by atoms with E-state index in [1.807, 2.05) is 0 Å². The van der Waals surface area contributed by atoms with Crippen LogP contribution in [0.2, 0.25) is 0 Å². The molecule has 0 saturated carbocycles. The van der Waals surface area contributed by atoms with Crippen LogP contribution in [0.25, 0.3) is 11.4 Å². The van der Waals surface area contributed by atoms with Gasteiger partial charge in [-0.15, -0.1) is 0 Å². The third kappa shape index (κ3) is 1.93. The first-order chi connectivity index (χ1) is 7.35. The summed E-state index contributed by atoms with van der Waals surface area (Å²) in [6, 6.07) is 0. The van der Waals surface area contributed by atoms with Gasteiger partial charge in [0.1, 0.15) is 23.9 Å². The molecule has 0 atom stereocenters. The second kappa shape index (κ2) is 4.29. The molecule has 0 aliphatic carbocycles. The SMILES string of the molecule is CCC(CC)c1nc(-c2cocn2)co1. The number of oxazole rings is 2. The molecule has 80 valence electrons. The van der Waals surface area contributed by atoms with E-state index in [-0.39, 0.29) is 0 Å². The number of hydrogen-bond acceptors (Lipinski definition) is 4. The van der Waals surface area contributed by atoms with Crippen LogP contribution in [0.4, 0.5) is 0 Å². The predicted octanol–water partition coefficient (Wildman–Crippen LogP) is 3.23. The van der Waals surface area contributed by atoms with Crippen molar-refractivity contribution in [3.05, 3.63) is 24.8 Å². The molecule has 0 amide bonds. The predicted molar refractivity (Wildman–Crippen MR) is 55.3 cm³/mol. The van der Waals surface area contributed by atoms with E-state index in [9.17, 15) is 0 Å². The van der Waals surface area contributed by atoms with Crippen molar-refractivity contribution in [1.82, 2.24) is 9.97 Å². The number of hydrogen-bond donors (Lipinski definition) is 0. The van der Waals surface area contributed by atoms with Gasteiger partial charge in [-0.3, -0.25) is 0 Å². The van der Waals surface area contributed by atoms with Gasteiger partial charge in [0.25, 0.3) is 0 Å². The third-order valence-electron chi connectivity index (χ3n) is 2.55. The smallest absolute Gasteiger partial charge is 0.197 e. The van der Waals surface area contributed by atoms with E-state index in [4.69, 9.17) is 8.83 Å². The highest BCUT2D eigenvalue weighted by Crippen LogP contribution is 2.25. The monoisotopic (exact) mass is 206 g/mol. The summed E-state index contributed by atoms with van der Waals surface area (Å²) >= 11 is 0. The molecule has 0 spiro atoms. The third-order valence-corrected chi connectivity index (χ3v) is 2.55. The lowest BCUT2D eigenvalue weighted by molar-refractivity contribution is 0.431. The van der Waals surface area contributed by atoms with Gasteiger partial charge in [0.15, 0.2) is 12.3 Å². The van der Waals surface area contributed by atoms with Crippen LogP contribution in [0.3, 0.4) is 0 Å². The second-order valence-corrected chi connectivity index (χ2v) is 3.46. The van der Waals surface area contributed by atoms with Crippen molar-refractivity contribution >= 4 is 0 Å². The molecule has 2 rings (SSSR count). The van der Waals surface area contributed by atoms with E-state index in [0.29, 0.717) is 5.92 Å². The van der Waals surface area contributed by atoms with Crippen LogP contribution >= 0.6 is 0 Å². The summed E-state index contributed by atoms with van der Waals surface area (Å²) in [5.74, 6) is 1.18. The van der Waals surface area contributed by atoms with Crippen molar-refractivity contribution in [3.8, 4) is 11.4 Å². The highest BCUT2D eigenvalue weighted by atomic mass is 16.3. The van der Waals surface area contributed by atoms with Crippen molar-refractivity contribution in [2.45, 2.75) is 32.6 Å². The molecule has 0 bridgehead atoms. The maximum absolute atomic E-state index is 5.44. The van der Waals surface area contributed by atoms with Gasteiger partial charge in [-0.2, -0.15) is 0 Å². The first-order valence-corrected chi connectivity index (χ1v) is 5.19. The molecule has 2 aromatic heterocycles. The van der Waals surface area contributed by atoms with Gasteiger partial charge in [0.2, 0.25) is 0 Å². The fourth-order valence-electron chi connectivity index (χ4n) is 1.57. The van der Waals surface area contributed by atoms with Crippen molar-refractivity contribution in [1.29, 1.82) is 0 Å². The summed E-state index contributed by atoms with van der Waals surface area (Å²) in [6.45, 7) is 4.27. The van der Waals surface area contributed by atoms with Gasteiger partial charge in [0, 0.05) is 5.92 Å². The van der Waals surface area contributed by atoms with E-state index in [0.717, 1.165) is 30.1 Å². The largest absolute Gasteiger partial charge is 0.451 e. The summed E-state index contributed by atoms with van der Waals surface area (Å²) in [6.07, 6.45) is 6.66. The molecule has 15 heavy (non-hydrogen) atoms. The van der Waals surface area contributed by atoms with Crippen molar-refractivity contribution < 1.29 is 8.83 Å². The lowest BCUT2D eigenvalue weighted by atomic mass is 10.0. The van der Waals surface area contributed by atoms with Gasteiger partial charge >= 0.3 is 0 Å². The molecule has 0 fully saturated rings. The van der Waals surface area contributed by atoms with Crippen LogP contribution < -0.4 is 0 Å². The van der Waals surface area contributed by atoms with Gasteiger partial charge < -0.3 is 8.83 Å². The van der Waals surface area contributed by atoms with Crippen LogP contribution in [-0.4, -0.2) is 9.97 Å². The van der Waals surface area contributed by atoms with Crippen LogP contribution in [0.5, 0.6) is 0 Å². The van der Waals surface area contributed by atoms with E-state index >= 15 is 0 Å². The Balaban J connectivity index is 2.24. The number of rotatable bonds is 4. The van der Waals surface area contributed by atoms with E-state index < -0.39 is 0 Å². The molecule has 2 heterocycles. The highest BCUT2D eigenvalue weighted by Gasteiger charge is 2.15. The summed E-state index contributed by atoms with van der Waals surface area (Å²) in [5.41, 5.74) is 1.46. The fraction of sp³-hybridized carbons (Fsp3) is 0.455. The van der Waals surface area contributed by atoms with Crippen LogP contribution in [0.15, 0.2) is 27.8 Å². The standard InChI is InChI=1S/C11H14N2O2/c1-3-8(4-2)11-13-10(6-15-11)9-5-14-7-12-9/h5-8H,3-4H2,1-2H3. The Morgan fingerprint density at radius 2 is 2.00 bits per heavy atom. The summed E-state index contributed by atoms with van der Waals surface area (Å²) < 4.78 is 10.3. The van der Waals surface area contributed by atoms with Crippen LogP contribution in [-0.2, 0) is 0 Å². The highest BCUT2D eigenvalue weighted by molar-refractivity contribution is 5.50. The van der Waals surface area contributed by atoms with Gasteiger partial charge in [0.05, 0.1) is 0 Å². The first-order valence-electron chi connectivity index (χ1n) is 5.19. The molecule has 0 N–H and O–H groups in total. The summed E-state index contributed by atoms with van der Waals surface area (Å²) in [7, 11) is 0. The van der Waals surface area contributed by atoms with Crippen LogP contribution in [0, 0.1) is 0 Å². The number of aromatic nitrogens is 2. The van der Waals surface area contributed by atoms with E-state index in [1.54, 1.807) is 12.5 Å². The molecule has 4 nitrogen and oxygen atoms in total. The lowest BCUT2D eigenvalue weighted by Gasteiger charge is -2.05. The molecule has 0 saturated heterocycles. The quantitative estimate of drug-likeness (QED) is 0.770. The molecule has 4 heteroatoms. The minimum Gasteiger partial charge on any atom is -0.451 e. The van der Waals surface area contributed by atoms with Gasteiger partial charge in [-0.25, -0.2) is 9.97 Å². The second-order valence-electron chi connectivity index (χ2n) is 3.46. The Kier molecular flexibility index (Phi) is 2.85. The zero-order valence-corrected chi connectivity index (χ0v) is 8.93. The Morgan fingerprint density at radius 3 is 2.60 bits per heavy atom. The van der Waals surface area contributed by atoms with Crippen molar-refractivity contribution in [2.75, 3.05) is 0 Å². The van der Waals surface area contributed by atoms with Gasteiger partial charge in [-0.05, 0) is 12.8 Å². The maximum Gasteiger partial charge on any atom is 0.197 e. The molecule has 0 unspecified atom stereocenters. The molecule has 0 aliphatic heterocycles. The molecular formula is C11H14N2O2. The minimum atomic E-state index is 0.394. The first kappa shape index (κ1) is 9.96.